The molecule has 0 aliphatic carbocycles. The van der Waals surface area contributed by atoms with E-state index in [0.29, 0.717) is 26.7 Å². The molecule has 0 amide bonds. The molecule has 0 atom stereocenters. The lowest BCUT2D eigenvalue weighted by Crippen LogP contribution is -2.11. The van der Waals surface area contributed by atoms with Gasteiger partial charge in [0.2, 0.25) is 0 Å². The molecule has 6 heteroatoms. The summed E-state index contributed by atoms with van der Waals surface area (Å²) in [4.78, 5) is 18.6. The Morgan fingerprint density at radius 2 is 2.20 bits per heavy atom. The molecule has 0 aliphatic heterocycles. The first kappa shape index (κ1) is 15.1. The summed E-state index contributed by atoms with van der Waals surface area (Å²) in [7, 11) is 0. The van der Waals surface area contributed by atoms with Gasteiger partial charge in [0.15, 0.2) is 5.16 Å². The highest BCUT2D eigenvalue weighted by atomic mass is 35.5. The van der Waals surface area contributed by atoms with Crippen LogP contribution in [0.2, 0.25) is 5.02 Å². The fourth-order valence-corrected chi connectivity index (χ4v) is 2.74. The molecule has 0 fully saturated rings. The quantitative estimate of drug-likeness (QED) is 0.692. The third kappa shape index (κ3) is 3.84. The first-order valence-corrected chi connectivity index (χ1v) is 7.41. The van der Waals surface area contributed by atoms with Gasteiger partial charge in [0.05, 0.1) is 5.69 Å². The van der Waals surface area contributed by atoms with Crippen LogP contribution in [0, 0.1) is 5.82 Å². The van der Waals surface area contributed by atoms with E-state index in [-0.39, 0.29) is 12.0 Å². The number of halogens is 2. The Labute approximate surface area is 125 Å². The molecule has 20 heavy (non-hydrogen) atoms. The van der Waals surface area contributed by atoms with Gasteiger partial charge in [0.25, 0.3) is 5.56 Å². The second-order valence-electron chi connectivity index (χ2n) is 4.59. The number of aromatic nitrogens is 2. The highest BCUT2D eigenvalue weighted by Crippen LogP contribution is 2.22. The maximum absolute atomic E-state index is 13.7. The van der Waals surface area contributed by atoms with Crippen molar-refractivity contribution in [1.82, 2.24) is 9.97 Å². The number of nitrogens with zero attached hydrogens (tertiary/aromatic N) is 1. The number of rotatable bonds is 4. The Bertz CT molecular complexity index is 652. The maximum Gasteiger partial charge on any atom is 0.251 e. The van der Waals surface area contributed by atoms with Crippen LogP contribution in [-0.2, 0) is 6.42 Å². The minimum Gasteiger partial charge on any atom is -0.301 e. The molecule has 0 aliphatic rings. The summed E-state index contributed by atoms with van der Waals surface area (Å²) in [6.45, 7) is 4.01. The van der Waals surface area contributed by atoms with E-state index < -0.39 is 5.82 Å². The van der Waals surface area contributed by atoms with Crippen molar-refractivity contribution in [1.29, 1.82) is 0 Å². The molecular formula is C14H14ClFN2OS. The van der Waals surface area contributed by atoms with Gasteiger partial charge in [-0.25, -0.2) is 9.37 Å². The summed E-state index contributed by atoms with van der Waals surface area (Å²) in [5.41, 5.74) is 0.613. The van der Waals surface area contributed by atoms with E-state index in [4.69, 9.17) is 11.6 Å². The lowest BCUT2D eigenvalue weighted by atomic mass is 10.1. The van der Waals surface area contributed by atoms with Gasteiger partial charge >= 0.3 is 0 Å². The number of benzene rings is 1. The predicted molar refractivity (Wildman–Crippen MR) is 80.1 cm³/mol. The SMILES string of the molecule is CC(C)Sc1nc(Cc2c(F)cccc2Cl)cc(=O)[nH]1. The third-order valence-electron chi connectivity index (χ3n) is 2.54. The van der Waals surface area contributed by atoms with Crippen LogP contribution in [0.15, 0.2) is 34.2 Å². The number of hydrogen-bond acceptors (Lipinski definition) is 3. The molecule has 1 aromatic heterocycles. The maximum atomic E-state index is 13.7. The lowest BCUT2D eigenvalue weighted by molar-refractivity contribution is 0.612. The van der Waals surface area contributed by atoms with Crippen LogP contribution in [-0.4, -0.2) is 15.2 Å². The minimum atomic E-state index is -0.391. The molecule has 0 radical (unpaired) electrons. The largest absolute Gasteiger partial charge is 0.301 e. The molecule has 0 unspecified atom stereocenters. The Morgan fingerprint density at radius 3 is 2.85 bits per heavy atom. The zero-order valence-electron chi connectivity index (χ0n) is 11.1. The van der Waals surface area contributed by atoms with Crippen molar-refractivity contribution < 1.29 is 4.39 Å². The van der Waals surface area contributed by atoms with Crippen LogP contribution in [0.4, 0.5) is 4.39 Å². The van der Waals surface area contributed by atoms with Crippen molar-refractivity contribution in [2.75, 3.05) is 0 Å². The molecular weight excluding hydrogens is 299 g/mol. The van der Waals surface area contributed by atoms with Crippen molar-refractivity contribution in [2.24, 2.45) is 0 Å². The molecule has 0 spiro atoms. The normalized spacial score (nSPS) is 11.1. The molecule has 0 saturated heterocycles. The molecule has 106 valence electrons. The van der Waals surface area contributed by atoms with Crippen LogP contribution in [0.1, 0.15) is 25.1 Å². The molecule has 3 nitrogen and oxygen atoms in total. The summed E-state index contributed by atoms with van der Waals surface area (Å²) in [6, 6.07) is 5.88. The van der Waals surface area contributed by atoms with Gasteiger partial charge in [-0.2, -0.15) is 0 Å². The molecule has 2 rings (SSSR count). The van der Waals surface area contributed by atoms with E-state index in [2.05, 4.69) is 9.97 Å². The van der Waals surface area contributed by atoms with Crippen LogP contribution >= 0.6 is 23.4 Å². The highest BCUT2D eigenvalue weighted by molar-refractivity contribution is 7.99. The Morgan fingerprint density at radius 1 is 1.45 bits per heavy atom. The first-order chi connectivity index (χ1) is 9.45. The van der Waals surface area contributed by atoms with Crippen LogP contribution < -0.4 is 5.56 Å². The van der Waals surface area contributed by atoms with Gasteiger partial charge in [-0.1, -0.05) is 43.3 Å². The second kappa shape index (κ2) is 6.41. The Hall–Kier alpha value is -1.33. The predicted octanol–water partition coefficient (Wildman–Crippen LogP) is 3.65. The summed E-state index contributed by atoms with van der Waals surface area (Å²) >= 11 is 7.44. The van der Waals surface area contributed by atoms with Gasteiger partial charge in [-0.05, 0) is 12.1 Å². The molecule has 0 bridgehead atoms. The fourth-order valence-electron chi connectivity index (χ4n) is 1.74. The third-order valence-corrected chi connectivity index (χ3v) is 3.78. The number of nitrogens with one attached hydrogen (secondary N) is 1. The summed E-state index contributed by atoms with van der Waals surface area (Å²) < 4.78 is 13.7. The number of H-pyrrole nitrogens is 1. The molecule has 1 N–H and O–H groups in total. The topological polar surface area (TPSA) is 45.8 Å². The van der Waals surface area contributed by atoms with Gasteiger partial charge in [-0.15, -0.1) is 0 Å². The number of hydrogen-bond donors (Lipinski definition) is 1. The van der Waals surface area contributed by atoms with E-state index in [0.717, 1.165) is 0 Å². The van der Waals surface area contributed by atoms with Crippen LogP contribution in [0.25, 0.3) is 0 Å². The number of thioether (sulfide) groups is 1. The van der Waals surface area contributed by atoms with Crippen LogP contribution in [0.3, 0.4) is 0 Å². The minimum absolute atomic E-state index is 0.196. The molecule has 1 heterocycles. The lowest BCUT2D eigenvalue weighted by Gasteiger charge is -2.08. The van der Waals surface area contributed by atoms with Crippen molar-refractivity contribution in [2.45, 2.75) is 30.7 Å². The summed E-state index contributed by atoms with van der Waals surface area (Å²) in [5, 5.41) is 1.17. The van der Waals surface area contributed by atoms with E-state index >= 15 is 0 Å². The van der Waals surface area contributed by atoms with E-state index in [1.807, 2.05) is 13.8 Å². The molecule has 1 aromatic carbocycles. The van der Waals surface area contributed by atoms with Crippen molar-refractivity contribution >= 4 is 23.4 Å². The fraction of sp³-hybridized carbons (Fsp3) is 0.286. The van der Waals surface area contributed by atoms with E-state index in [9.17, 15) is 9.18 Å². The Balaban J connectivity index is 2.34. The van der Waals surface area contributed by atoms with Crippen molar-refractivity contribution in [3.8, 4) is 0 Å². The van der Waals surface area contributed by atoms with E-state index in [1.54, 1.807) is 12.1 Å². The van der Waals surface area contributed by atoms with Gasteiger partial charge in [0, 0.05) is 28.3 Å². The first-order valence-electron chi connectivity index (χ1n) is 6.15. The van der Waals surface area contributed by atoms with Crippen LogP contribution in [0.5, 0.6) is 0 Å². The average Bonchev–Trinajstić information content (AvgIpc) is 2.32. The van der Waals surface area contributed by atoms with Crippen molar-refractivity contribution in [3.63, 3.8) is 0 Å². The highest BCUT2D eigenvalue weighted by Gasteiger charge is 2.11. The summed E-state index contributed by atoms with van der Waals surface area (Å²) in [5.74, 6) is -0.391. The average molecular weight is 313 g/mol. The Kier molecular flexibility index (Phi) is 4.83. The van der Waals surface area contributed by atoms with E-state index in [1.165, 1.54) is 23.9 Å². The van der Waals surface area contributed by atoms with Gasteiger partial charge in [0.1, 0.15) is 5.82 Å². The van der Waals surface area contributed by atoms with Crippen molar-refractivity contribution in [3.05, 3.63) is 56.7 Å². The smallest absolute Gasteiger partial charge is 0.251 e. The summed E-state index contributed by atoms with van der Waals surface area (Å²) in [6.07, 6.45) is 0.196. The number of aromatic amines is 1. The molecule has 2 aromatic rings. The standard InChI is InChI=1S/C14H14ClFN2OS/c1-8(2)20-14-17-9(7-13(19)18-14)6-10-11(15)4-3-5-12(10)16/h3-5,7-8H,6H2,1-2H3,(H,17,18,19). The van der Waals surface area contributed by atoms with Gasteiger partial charge < -0.3 is 4.98 Å². The monoisotopic (exact) mass is 312 g/mol. The molecule has 0 saturated carbocycles. The van der Waals surface area contributed by atoms with Gasteiger partial charge in [-0.3, -0.25) is 4.79 Å². The second-order valence-corrected chi connectivity index (χ2v) is 6.56. The zero-order chi connectivity index (χ0) is 14.7. The zero-order valence-corrected chi connectivity index (χ0v) is 12.7.